The number of aromatic hydroxyl groups is 2. The maximum atomic E-state index is 13.0. The average Bonchev–Trinajstić information content (AvgIpc) is 2.74. The molecule has 0 unspecified atom stereocenters. The van der Waals surface area contributed by atoms with E-state index in [1.807, 2.05) is 0 Å². The molecular weight excluding hydrogens is 396 g/mol. The van der Waals surface area contributed by atoms with Gasteiger partial charge in [0.15, 0.2) is 0 Å². The molecule has 1 saturated heterocycles. The Morgan fingerprint density at radius 3 is 2.27 bits per heavy atom. The molecule has 0 bridgehead atoms. The van der Waals surface area contributed by atoms with E-state index in [9.17, 15) is 35.4 Å². The zero-order valence-electron chi connectivity index (χ0n) is 15.5. The normalized spacial score (nSPS) is 26.7. The quantitative estimate of drug-likeness (QED) is 0.355. The smallest absolute Gasteiger partial charge is 0.200 e. The molecular formula is C21H20O9. The van der Waals surface area contributed by atoms with Gasteiger partial charge < -0.3 is 39.8 Å². The highest BCUT2D eigenvalue weighted by Crippen LogP contribution is 2.40. The molecule has 9 nitrogen and oxygen atoms in total. The summed E-state index contributed by atoms with van der Waals surface area (Å²) in [5.41, 5.74) is 0.150. The summed E-state index contributed by atoms with van der Waals surface area (Å²) in [6.45, 7) is -0.637. The standard InChI is InChI=1S/C21H20O9/c22-7-14-17(26)18(27)19(28)21(30-14)15-13(24)6-5-11-16(25)12(8-29-20(11)15)9-1-3-10(23)4-2-9/h1-6,8,14,17-19,21-24,26-28H,7H2/t14-,17+,18-,19+,21+/m1/s1. The number of hydrogen-bond donors (Lipinski definition) is 6. The van der Waals surface area contributed by atoms with Gasteiger partial charge in [0.25, 0.3) is 0 Å². The Kier molecular flexibility index (Phi) is 5.22. The molecule has 9 heteroatoms. The van der Waals surface area contributed by atoms with Gasteiger partial charge >= 0.3 is 0 Å². The van der Waals surface area contributed by atoms with Crippen molar-refractivity contribution in [2.24, 2.45) is 0 Å². The van der Waals surface area contributed by atoms with Crippen LogP contribution < -0.4 is 5.43 Å². The minimum absolute atomic E-state index is 0.0405. The Morgan fingerprint density at radius 2 is 1.60 bits per heavy atom. The highest BCUT2D eigenvalue weighted by Gasteiger charge is 2.45. The predicted molar refractivity (Wildman–Crippen MR) is 104 cm³/mol. The van der Waals surface area contributed by atoms with Crippen LogP contribution in [-0.2, 0) is 4.74 Å². The Morgan fingerprint density at radius 1 is 0.900 bits per heavy atom. The molecule has 4 rings (SSSR count). The summed E-state index contributed by atoms with van der Waals surface area (Å²) in [5, 5.41) is 59.8. The molecule has 0 amide bonds. The van der Waals surface area contributed by atoms with Crippen LogP contribution in [0.1, 0.15) is 11.7 Å². The van der Waals surface area contributed by atoms with Crippen molar-refractivity contribution >= 4 is 11.0 Å². The summed E-state index contributed by atoms with van der Waals surface area (Å²) >= 11 is 0. The van der Waals surface area contributed by atoms with Gasteiger partial charge in [0.2, 0.25) is 5.43 Å². The van der Waals surface area contributed by atoms with Crippen molar-refractivity contribution in [2.75, 3.05) is 6.61 Å². The van der Waals surface area contributed by atoms with Gasteiger partial charge in [-0.2, -0.15) is 0 Å². The van der Waals surface area contributed by atoms with Crippen LogP contribution in [0.2, 0.25) is 0 Å². The van der Waals surface area contributed by atoms with Crippen LogP contribution >= 0.6 is 0 Å². The summed E-state index contributed by atoms with van der Waals surface area (Å²) in [5.74, 6) is -0.314. The number of aliphatic hydroxyl groups is 4. The lowest BCUT2D eigenvalue weighted by Crippen LogP contribution is -2.55. The number of phenols is 2. The number of phenolic OH excluding ortho intramolecular Hbond substituents is 2. The fourth-order valence-electron chi connectivity index (χ4n) is 3.67. The number of ether oxygens (including phenoxy) is 1. The molecule has 0 aliphatic carbocycles. The summed E-state index contributed by atoms with van der Waals surface area (Å²) in [7, 11) is 0. The molecule has 1 aliphatic rings. The first-order valence-corrected chi connectivity index (χ1v) is 9.20. The monoisotopic (exact) mass is 416 g/mol. The Bertz CT molecular complexity index is 1120. The highest BCUT2D eigenvalue weighted by atomic mass is 16.5. The molecule has 5 atom stereocenters. The minimum atomic E-state index is -1.65. The van der Waals surface area contributed by atoms with E-state index in [0.717, 1.165) is 0 Å². The van der Waals surface area contributed by atoms with Crippen molar-refractivity contribution in [3.8, 4) is 22.6 Å². The molecule has 0 saturated carbocycles. The summed E-state index contributed by atoms with van der Waals surface area (Å²) in [6, 6.07) is 8.54. The summed E-state index contributed by atoms with van der Waals surface area (Å²) in [4.78, 5) is 13.0. The number of aliphatic hydroxyl groups excluding tert-OH is 4. The molecule has 30 heavy (non-hydrogen) atoms. The number of hydrogen-bond acceptors (Lipinski definition) is 9. The van der Waals surface area contributed by atoms with Crippen molar-refractivity contribution in [3.05, 3.63) is 58.4 Å². The fraction of sp³-hybridized carbons (Fsp3) is 0.286. The number of fused-ring (bicyclic) bond motifs is 1. The van der Waals surface area contributed by atoms with Gasteiger partial charge in [0.1, 0.15) is 53.9 Å². The van der Waals surface area contributed by atoms with Crippen LogP contribution in [0, 0.1) is 0 Å². The first-order chi connectivity index (χ1) is 14.3. The molecule has 1 fully saturated rings. The van der Waals surface area contributed by atoms with E-state index in [-0.39, 0.29) is 33.6 Å². The van der Waals surface area contributed by atoms with Crippen LogP contribution in [0.4, 0.5) is 0 Å². The van der Waals surface area contributed by atoms with E-state index in [1.54, 1.807) is 12.1 Å². The Balaban J connectivity index is 1.87. The van der Waals surface area contributed by atoms with Gasteiger partial charge in [-0.1, -0.05) is 12.1 Å². The van der Waals surface area contributed by atoms with Gasteiger partial charge in [-0.05, 0) is 29.8 Å². The third-order valence-corrected chi connectivity index (χ3v) is 5.31. The van der Waals surface area contributed by atoms with Crippen molar-refractivity contribution < 1.29 is 39.8 Å². The maximum absolute atomic E-state index is 13.0. The second-order valence-corrected chi connectivity index (χ2v) is 7.15. The van der Waals surface area contributed by atoms with Gasteiger partial charge in [0, 0.05) is 0 Å². The van der Waals surface area contributed by atoms with Crippen LogP contribution in [-0.4, -0.2) is 61.7 Å². The van der Waals surface area contributed by atoms with Crippen LogP contribution in [0.3, 0.4) is 0 Å². The van der Waals surface area contributed by atoms with Crippen molar-refractivity contribution in [1.29, 1.82) is 0 Å². The molecule has 3 aromatic rings. The first-order valence-electron chi connectivity index (χ1n) is 9.20. The molecule has 6 N–H and O–H groups in total. The third-order valence-electron chi connectivity index (χ3n) is 5.31. The Hall–Kier alpha value is -2.95. The molecule has 1 aromatic heterocycles. The van der Waals surface area contributed by atoms with E-state index < -0.39 is 42.6 Å². The second-order valence-electron chi connectivity index (χ2n) is 7.15. The lowest BCUT2D eigenvalue weighted by atomic mass is 9.89. The van der Waals surface area contributed by atoms with Crippen LogP contribution in [0.15, 0.2) is 51.9 Å². The number of benzene rings is 2. The summed E-state index contributed by atoms with van der Waals surface area (Å²) in [6.07, 6.45) is -6.24. The first kappa shape index (κ1) is 20.3. The Labute approximate surface area is 169 Å². The van der Waals surface area contributed by atoms with E-state index in [1.165, 1.54) is 30.5 Å². The van der Waals surface area contributed by atoms with Gasteiger partial charge in [-0.3, -0.25) is 4.79 Å². The molecule has 0 spiro atoms. The summed E-state index contributed by atoms with van der Waals surface area (Å²) < 4.78 is 11.1. The van der Waals surface area contributed by atoms with E-state index in [2.05, 4.69) is 0 Å². The maximum Gasteiger partial charge on any atom is 0.200 e. The van der Waals surface area contributed by atoms with Crippen molar-refractivity contribution in [2.45, 2.75) is 30.5 Å². The SMILES string of the molecule is O=c1c(-c2ccc(O)cc2)coc2c([C@@H]3O[C@H](CO)[C@H](O)[C@@H](O)[C@@H]3O)c(O)ccc12. The minimum Gasteiger partial charge on any atom is -0.508 e. The largest absolute Gasteiger partial charge is 0.508 e. The predicted octanol–water partition coefficient (Wildman–Crippen LogP) is 0.386. The number of rotatable bonds is 3. The zero-order chi connectivity index (χ0) is 21.6. The van der Waals surface area contributed by atoms with Crippen molar-refractivity contribution in [3.63, 3.8) is 0 Å². The third kappa shape index (κ3) is 3.22. The topological polar surface area (TPSA) is 161 Å². The zero-order valence-corrected chi connectivity index (χ0v) is 15.5. The van der Waals surface area contributed by atoms with Crippen LogP contribution in [0.5, 0.6) is 11.5 Å². The molecule has 1 aliphatic heterocycles. The average molecular weight is 416 g/mol. The van der Waals surface area contributed by atoms with Gasteiger partial charge in [0.05, 0.1) is 23.1 Å². The second kappa shape index (κ2) is 7.71. The lowest BCUT2D eigenvalue weighted by Gasteiger charge is -2.40. The molecule has 158 valence electrons. The van der Waals surface area contributed by atoms with E-state index in [4.69, 9.17) is 9.15 Å². The fourth-order valence-corrected chi connectivity index (χ4v) is 3.67. The van der Waals surface area contributed by atoms with Gasteiger partial charge in [-0.15, -0.1) is 0 Å². The van der Waals surface area contributed by atoms with Gasteiger partial charge in [-0.25, -0.2) is 0 Å². The van der Waals surface area contributed by atoms with E-state index in [0.29, 0.717) is 5.56 Å². The molecule has 2 aromatic carbocycles. The van der Waals surface area contributed by atoms with Crippen molar-refractivity contribution in [1.82, 2.24) is 0 Å². The van der Waals surface area contributed by atoms with Crippen LogP contribution in [0.25, 0.3) is 22.1 Å². The lowest BCUT2D eigenvalue weighted by molar-refractivity contribution is -0.231. The molecule has 2 heterocycles. The van der Waals surface area contributed by atoms with E-state index >= 15 is 0 Å². The molecule has 0 radical (unpaired) electrons. The highest BCUT2D eigenvalue weighted by molar-refractivity contribution is 5.86.